The molecule has 1 aromatic heterocycles. The second-order valence-electron chi connectivity index (χ2n) is 6.63. The molecule has 5 rings (SSSR count). The summed E-state index contributed by atoms with van der Waals surface area (Å²) >= 11 is 5.27. The Kier molecular flexibility index (Phi) is 2.86. The van der Waals surface area contributed by atoms with Gasteiger partial charge in [-0.3, -0.25) is 0 Å². The molecule has 4 saturated carbocycles. The van der Waals surface area contributed by atoms with E-state index in [1.54, 1.807) is 11.3 Å². The lowest BCUT2D eigenvalue weighted by atomic mass is 9.50. The van der Waals surface area contributed by atoms with Crippen molar-refractivity contribution in [3.05, 3.63) is 20.8 Å². The lowest BCUT2D eigenvalue weighted by molar-refractivity contribution is -0.0908. The zero-order valence-electron chi connectivity index (χ0n) is 10.4. The van der Waals surface area contributed by atoms with Crippen molar-refractivity contribution >= 4 is 27.3 Å². The first-order valence-corrected chi connectivity index (χ1v) is 8.85. The SMILES string of the molecule is OC(c1cscc1Br)C1C2CC3CC(C2)CC1C3. The smallest absolute Gasteiger partial charge is 0.0842 e. The van der Waals surface area contributed by atoms with Crippen molar-refractivity contribution in [2.75, 3.05) is 0 Å². The van der Waals surface area contributed by atoms with Gasteiger partial charge >= 0.3 is 0 Å². The molecule has 1 aromatic rings. The fourth-order valence-corrected chi connectivity index (χ4v) is 6.75. The van der Waals surface area contributed by atoms with Gasteiger partial charge in [-0.1, -0.05) is 0 Å². The van der Waals surface area contributed by atoms with Crippen molar-refractivity contribution in [1.29, 1.82) is 0 Å². The molecule has 4 bridgehead atoms. The second kappa shape index (κ2) is 4.32. The van der Waals surface area contributed by atoms with Crippen LogP contribution in [0.15, 0.2) is 15.2 Å². The summed E-state index contributed by atoms with van der Waals surface area (Å²) in [7, 11) is 0. The molecule has 4 fully saturated rings. The average molecular weight is 327 g/mol. The molecule has 1 atom stereocenters. The number of hydrogen-bond donors (Lipinski definition) is 1. The van der Waals surface area contributed by atoms with Crippen LogP contribution >= 0.6 is 27.3 Å². The number of rotatable bonds is 2. The Morgan fingerprint density at radius 1 is 1.06 bits per heavy atom. The summed E-state index contributed by atoms with van der Waals surface area (Å²) in [5.41, 5.74) is 1.14. The van der Waals surface area contributed by atoms with Gasteiger partial charge in [0.2, 0.25) is 0 Å². The molecule has 0 aromatic carbocycles. The summed E-state index contributed by atoms with van der Waals surface area (Å²) in [6.45, 7) is 0. The first-order valence-electron chi connectivity index (χ1n) is 7.12. The number of aliphatic hydroxyl groups excluding tert-OH is 1. The van der Waals surface area contributed by atoms with E-state index < -0.39 is 0 Å². The first kappa shape index (κ1) is 11.9. The van der Waals surface area contributed by atoms with Crippen molar-refractivity contribution in [3.63, 3.8) is 0 Å². The monoisotopic (exact) mass is 326 g/mol. The highest BCUT2D eigenvalue weighted by Gasteiger charge is 2.50. The maximum Gasteiger partial charge on any atom is 0.0842 e. The summed E-state index contributed by atoms with van der Waals surface area (Å²) in [6, 6.07) is 0. The van der Waals surface area contributed by atoms with Crippen LogP contribution in [0.5, 0.6) is 0 Å². The van der Waals surface area contributed by atoms with E-state index in [1.807, 2.05) is 0 Å². The fraction of sp³-hybridized carbons (Fsp3) is 0.733. The van der Waals surface area contributed by atoms with E-state index in [1.165, 1.54) is 32.1 Å². The number of halogens is 1. The third-order valence-electron chi connectivity index (χ3n) is 5.63. The molecule has 1 heterocycles. The number of thiophene rings is 1. The molecule has 0 saturated heterocycles. The van der Waals surface area contributed by atoms with E-state index in [9.17, 15) is 5.11 Å². The average Bonchev–Trinajstić information content (AvgIpc) is 2.73. The highest BCUT2D eigenvalue weighted by atomic mass is 79.9. The minimum atomic E-state index is -0.236. The number of hydrogen-bond acceptors (Lipinski definition) is 2. The summed E-state index contributed by atoms with van der Waals surface area (Å²) in [4.78, 5) is 0. The Morgan fingerprint density at radius 2 is 1.67 bits per heavy atom. The van der Waals surface area contributed by atoms with E-state index in [4.69, 9.17) is 0 Å². The molecule has 1 nitrogen and oxygen atoms in total. The molecule has 98 valence electrons. The van der Waals surface area contributed by atoms with Crippen LogP contribution in [0.3, 0.4) is 0 Å². The molecule has 0 spiro atoms. The van der Waals surface area contributed by atoms with Crippen LogP contribution in [0.2, 0.25) is 0 Å². The van der Waals surface area contributed by atoms with E-state index in [-0.39, 0.29) is 6.10 Å². The van der Waals surface area contributed by atoms with Crippen molar-refractivity contribution in [1.82, 2.24) is 0 Å². The Hall–Kier alpha value is 0.140. The molecule has 1 unspecified atom stereocenters. The fourth-order valence-electron chi connectivity index (χ4n) is 5.19. The summed E-state index contributed by atoms with van der Waals surface area (Å²) < 4.78 is 1.11. The normalized spacial score (nSPS) is 43.3. The van der Waals surface area contributed by atoms with Crippen molar-refractivity contribution < 1.29 is 5.11 Å². The van der Waals surface area contributed by atoms with Crippen LogP contribution in [0.1, 0.15) is 43.8 Å². The molecule has 0 amide bonds. The third-order valence-corrected chi connectivity index (χ3v) is 7.38. The summed E-state index contributed by atoms with van der Waals surface area (Å²) in [5.74, 6) is 4.10. The summed E-state index contributed by atoms with van der Waals surface area (Å²) in [6.07, 6.45) is 6.79. The van der Waals surface area contributed by atoms with Crippen LogP contribution in [0.25, 0.3) is 0 Å². The summed E-state index contributed by atoms with van der Waals surface area (Å²) in [5, 5.41) is 15.0. The highest BCUT2D eigenvalue weighted by Crippen LogP contribution is 2.59. The predicted molar refractivity (Wildman–Crippen MR) is 77.5 cm³/mol. The molecule has 4 aliphatic rings. The van der Waals surface area contributed by atoms with E-state index in [2.05, 4.69) is 26.7 Å². The first-order chi connectivity index (χ1) is 8.72. The minimum absolute atomic E-state index is 0.236. The van der Waals surface area contributed by atoms with Crippen molar-refractivity contribution in [3.8, 4) is 0 Å². The van der Waals surface area contributed by atoms with Crippen molar-refractivity contribution in [2.24, 2.45) is 29.6 Å². The van der Waals surface area contributed by atoms with Gasteiger partial charge in [0.1, 0.15) is 0 Å². The number of aliphatic hydroxyl groups is 1. The lowest BCUT2D eigenvalue weighted by Gasteiger charge is -2.55. The van der Waals surface area contributed by atoms with Gasteiger partial charge in [0.05, 0.1) is 6.10 Å². The van der Waals surface area contributed by atoms with Crippen LogP contribution in [0, 0.1) is 29.6 Å². The van der Waals surface area contributed by atoms with E-state index >= 15 is 0 Å². The lowest BCUT2D eigenvalue weighted by Crippen LogP contribution is -2.47. The molecule has 1 N–H and O–H groups in total. The van der Waals surface area contributed by atoms with Crippen molar-refractivity contribution in [2.45, 2.75) is 38.2 Å². The topological polar surface area (TPSA) is 20.2 Å². The van der Waals surface area contributed by atoms with Crippen LogP contribution < -0.4 is 0 Å². The molecular formula is C15H19BrOS. The Balaban J connectivity index is 1.63. The zero-order chi connectivity index (χ0) is 12.3. The molecular weight excluding hydrogens is 308 g/mol. The third kappa shape index (κ3) is 1.74. The molecule has 0 radical (unpaired) electrons. The Bertz CT molecular complexity index is 427. The van der Waals surface area contributed by atoms with Gasteiger partial charge in [0, 0.05) is 15.4 Å². The predicted octanol–water partition coefficient (Wildman–Crippen LogP) is 4.62. The molecule has 18 heavy (non-hydrogen) atoms. The van der Waals surface area contributed by atoms with Gasteiger partial charge in [-0.25, -0.2) is 0 Å². The van der Waals surface area contributed by atoms with E-state index in [0.717, 1.165) is 33.7 Å². The standard InChI is InChI=1S/C15H19BrOS/c16-13-7-18-6-12(13)15(17)14-10-2-8-1-9(4-10)5-11(14)3-8/h6-11,14-15,17H,1-5H2. The van der Waals surface area contributed by atoms with Gasteiger partial charge in [-0.15, -0.1) is 0 Å². The molecule has 3 heteroatoms. The quantitative estimate of drug-likeness (QED) is 0.840. The molecule has 0 aliphatic heterocycles. The van der Waals surface area contributed by atoms with Gasteiger partial charge < -0.3 is 5.11 Å². The van der Waals surface area contributed by atoms with Gasteiger partial charge in [0.25, 0.3) is 0 Å². The zero-order valence-corrected chi connectivity index (χ0v) is 12.8. The van der Waals surface area contributed by atoms with Crippen LogP contribution in [-0.4, -0.2) is 5.11 Å². The largest absolute Gasteiger partial charge is 0.388 e. The van der Waals surface area contributed by atoms with E-state index in [0.29, 0.717) is 5.92 Å². The van der Waals surface area contributed by atoms with Crippen LogP contribution in [-0.2, 0) is 0 Å². The van der Waals surface area contributed by atoms with Crippen LogP contribution in [0.4, 0.5) is 0 Å². The Labute approximate surface area is 121 Å². The van der Waals surface area contributed by atoms with Gasteiger partial charge in [-0.05, 0) is 83.0 Å². The van der Waals surface area contributed by atoms with Gasteiger partial charge in [-0.2, -0.15) is 11.3 Å². The highest BCUT2D eigenvalue weighted by molar-refractivity contribution is 9.10. The van der Waals surface area contributed by atoms with Gasteiger partial charge in [0.15, 0.2) is 0 Å². The maximum absolute atomic E-state index is 10.8. The Morgan fingerprint density at radius 3 is 2.17 bits per heavy atom. The second-order valence-corrected chi connectivity index (χ2v) is 8.23. The molecule has 4 aliphatic carbocycles. The maximum atomic E-state index is 10.8. The minimum Gasteiger partial charge on any atom is -0.388 e.